The zero-order valence-electron chi connectivity index (χ0n) is 17.9. The van der Waals surface area contributed by atoms with Crippen LogP contribution in [0.5, 0.6) is 5.75 Å². The summed E-state index contributed by atoms with van der Waals surface area (Å²) in [7, 11) is -4.70. The van der Waals surface area contributed by atoms with Gasteiger partial charge in [0.1, 0.15) is 11.3 Å². The summed E-state index contributed by atoms with van der Waals surface area (Å²) < 4.78 is 36.6. The predicted octanol–water partition coefficient (Wildman–Crippen LogP) is 4.14. The number of nitrogens with two attached hydrogens (primary N) is 1. The van der Waals surface area contributed by atoms with Crippen molar-refractivity contribution in [2.45, 2.75) is 32.7 Å². The molecule has 9 nitrogen and oxygen atoms in total. The lowest BCUT2D eigenvalue weighted by Crippen LogP contribution is -2.07. The molecule has 11 heteroatoms. The SMILES string of the molecule is CCCCc1nc2c(N)nc3ccccc3c2n1Cc1ccc(OCOP(=O)(O)O)c(F)c1. The van der Waals surface area contributed by atoms with Crippen molar-refractivity contribution in [1.82, 2.24) is 14.5 Å². The van der Waals surface area contributed by atoms with Gasteiger partial charge in [0.25, 0.3) is 0 Å². The van der Waals surface area contributed by atoms with Crippen LogP contribution in [0.3, 0.4) is 0 Å². The van der Waals surface area contributed by atoms with E-state index in [4.69, 9.17) is 25.2 Å². The van der Waals surface area contributed by atoms with Crippen LogP contribution >= 0.6 is 7.82 Å². The minimum absolute atomic E-state index is 0.173. The molecule has 4 N–H and O–H groups in total. The molecule has 0 bridgehead atoms. The molecule has 0 aliphatic carbocycles. The molecule has 4 aromatic rings. The van der Waals surface area contributed by atoms with Crippen molar-refractivity contribution in [3.8, 4) is 5.75 Å². The van der Waals surface area contributed by atoms with Crippen LogP contribution in [0.25, 0.3) is 21.9 Å². The molecular weight excluding hydrogens is 450 g/mol. The number of anilines is 1. The number of rotatable bonds is 9. The number of nitrogen functional groups attached to an aromatic ring is 1. The smallest absolute Gasteiger partial charge is 0.464 e. The van der Waals surface area contributed by atoms with Crippen molar-refractivity contribution >= 4 is 35.6 Å². The number of fused-ring (bicyclic) bond motifs is 3. The lowest BCUT2D eigenvalue weighted by Gasteiger charge is -2.13. The van der Waals surface area contributed by atoms with Gasteiger partial charge in [-0.05, 0) is 30.2 Å². The van der Waals surface area contributed by atoms with E-state index in [-0.39, 0.29) is 5.75 Å². The zero-order chi connectivity index (χ0) is 23.6. The number of para-hydroxylation sites is 1. The summed E-state index contributed by atoms with van der Waals surface area (Å²) in [5.41, 5.74) is 9.10. The molecule has 2 heterocycles. The number of benzene rings is 2. The normalized spacial score (nSPS) is 12.0. The number of ether oxygens (including phenoxy) is 1. The van der Waals surface area contributed by atoms with Crippen LogP contribution in [0.15, 0.2) is 42.5 Å². The summed E-state index contributed by atoms with van der Waals surface area (Å²) in [6.45, 7) is 1.67. The summed E-state index contributed by atoms with van der Waals surface area (Å²) in [6.07, 6.45) is 2.67. The zero-order valence-corrected chi connectivity index (χ0v) is 18.8. The number of halogens is 1. The van der Waals surface area contributed by atoms with Crippen LogP contribution in [-0.2, 0) is 22.1 Å². The third-order valence-corrected chi connectivity index (χ3v) is 5.66. The fourth-order valence-corrected chi connectivity index (χ4v) is 3.89. The Morgan fingerprint density at radius 2 is 1.97 bits per heavy atom. The third-order valence-electron chi connectivity index (χ3n) is 5.22. The van der Waals surface area contributed by atoms with Crippen molar-refractivity contribution in [2.75, 3.05) is 12.5 Å². The van der Waals surface area contributed by atoms with Gasteiger partial charge in [0.15, 0.2) is 17.4 Å². The molecule has 4 rings (SSSR count). The molecule has 0 saturated heterocycles. The minimum Gasteiger partial charge on any atom is -0.464 e. The number of pyridine rings is 1. The minimum atomic E-state index is -4.70. The highest BCUT2D eigenvalue weighted by Crippen LogP contribution is 2.36. The molecule has 0 aliphatic heterocycles. The molecule has 0 amide bonds. The highest BCUT2D eigenvalue weighted by molar-refractivity contribution is 7.46. The number of hydrogen-bond acceptors (Lipinski definition) is 6. The van der Waals surface area contributed by atoms with Crippen LogP contribution in [-0.4, -0.2) is 31.1 Å². The Balaban J connectivity index is 1.71. The monoisotopic (exact) mass is 474 g/mol. The van der Waals surface area contributed by atoms with Crippen LogP contribution in [0.2, 0.25) is 0 Å². The maximum Gasteiger partial charge on any atom is 0.472 e. The number of unbranched alkanes of at least 4 members (excludes halogenated alkanes) is 1. The molecule has 0 aliphatic rings. The molecule has 0 saturated carbocycles. The van der Waals surface area contributed by atoms with E-state index in [9.17, 15) is 8.96 Å². The van der Waals surface area contributed by atoms with Crippen molar-refractivity contribution in [3.05, 3.63) is 59.7 Å². The van der Waals surface area contributed by atoms with E-state index in [1.807, 2.05) is 28.8 Å². The molecule has 33 heavy (non-hydrogen) atoms. The first-order valence-electron chi connectivity index (χ1n) is 10.4. The van der Waals surface area contributed by atoms with E-state index >= 15 is 0 Å². The molecule has 0 unspecified atom stereocenters. The van der Waals surface area contributed by atoms with E-state index in [1.165, 1.54) is 12.1 Å². The van der Waals surface area contributed by atoms with Gasteiger partial charge in [-0.15, -0.1) is 0 Å². The van der Waals surface area contributed by atoms with Crippen molar-refractivity contribution in [1.29, 1.82) is 0 Å². The highest BCUT2D eigenvalue weighted by atomic mass is 31.2. The van der Waals surface area contributed by atoms with Gasteiger partial charge in [0, 0.05) is 18.4 Å². The predicted molar refractivity (Wildman–Crippen MR) is 122 cm³/mol. The first-order chi connectivity index (χ1) is 15.8. The molecular formula is C22H24FN4O5P. The Labute approximate surface area is 189 Å². The number of aryl methyl sites for hydroxylation is 1. The van der Waals surface area contributed by atoms with Gasteiger partial charge in [-0.1, -0.05) is 37.6 Å². The molecule has 0 radical (unpaired) electrons. The van der Waals surface area contributed by atoms with Crippen molar-refractivity contribution in [2.24, 2.45) is 0 Å². The molecule has 174 valence electrons. The lowest BCUT2D eigenvalue weighted by molar-refractivity contribution is 0.0798. The number of phosphoric acid groups is 1. The number of imidazole rings is 1. The second-order valence-electron chi connectivity index (χ2n) is 7.58. The molecule has 2 aromatic carbocycles. The van der Waals surface area contributed by atoms with Crippen molar-refractivity contribution in [3.63, 3.8) is 0 Å². The largest absolute Gasteiger partial charge is 0.472 e. The second-order valence-corrected chi connectivity index (χ2v) is 8.82. The average Bonchev–Trinajstić information content (AvgIpc) is 3.12. The Kier molecular flexibility index (Phi) is 6.62. The standard InChI is InChI=1S/C22H24FN4O5P/c1-2-3-8-19-26-20-21(15-6-4-5-7-17(15)25-22(20)24)27(19)12-14-9-10-18(16(23)11-14)31-13-32-33(28,29)30/h4-7,9-11H,2-3,8,12-13H2,1H3,(H2,24,25)(H2,28,29,30). The average molecular weight is 474 g/mol. The lowest BCUT2D eigenvalue weighted by atomic mass is 10.1. The highest BCUT2D eigenvalue weighted by Gasteiger charge is 2.18. The van der Waals surface area contributed by atoms with Crippen molar-refractivity contribution < 1.29 is 28.0 Å². The fraction of sp³-hybridized carbons (Fsp3) is 0.273. The molecule has 2 aromatic heterocycles. The second kappa shape index (κ2) is 9.44. The summed E-state index contributed by atoms with van der Waals surface area (Å²) in [5.74, 6) is 0.341. The molecule has 0 atom stereocenters. The van der Waals surface area contributed by atoms with Crippen LogP contribution in [0, 0.1) is 5.82 Å². The Hall–Kier alpha value is -3.04. The van der Waals surface area contributed by atoms with Gasteiger partial charge in [-0.2, -0.15) is 0 Å². The first kappa shape index (κ1) is 23.1. The van der Waals surface area contributed by atoms with Gasteiger partial charge in [0.2, 0.25) is 6.79 Å². The van der Waals surface area contributed by atoms with E-state index < -0.39 is 20.4 Å². The molecule has 0 spiro atoms. The Morgan fingerprint density at radius 3 is 2.70 bits per heavy atom. The topological polar surface area (TPSA) is 133 Å². The van der Waals surface area contributed by atoms with Crippen LogP contribution in [0.1, 0.15) is 31.2 Å². The summed E-state index contributed by atoms with van der Waals surface area (Å²) in [5, 5.41) is 0.909. The maximum absolute atomic E-state index is 14.6. The van der Waals surface area contributed by atoms with Gasteiger partial charge in [-0.25, -0.2) is 23.4 Å². The number of nitrogens with zero attached hydrogens (tertiary/aromatic N) is 3. The summed E-state index contributed by atoms with van der Waals surface area (Å²) in [4.78, 5) is 26.7. The van der Waals surface area contributed by atoms with Crippen LogP contribution < -0.4 is 10.5 Å². The van der Waals surface area contributed by atoms with Gasteiger partial charge >= 0.3 is 7.82 Å². The van der Waals surface area contributed by atoms with Gasteiger partial charge in [-0.3, -0.25) is 0 Å². The maximum atomic E-state index is 14.6. The third kappa shape index (κ3) is 5.15. The number of aromatic nitrogens is 3. The Morgan fingerprint density at radius 1 is 1.18 bits per heavy atom. The van der Waals surface area contributed by atoms with E-state index in [0.29, 0.717) is 23.4 Å². The number of hydrogen-bond donors (Lipinski definition) is 3. The van der Waals surface area contributed by atoms with E-state index in [2.05, 4.69) is 16.4 Å². The summed E-state index contributed by atoms with van der Waals surface area (Å²) >= 11 is 0. The van der Waals surface area contributed by atoms with E-state index in [1.54, 1.807) is 6.07 Å². The fourth-order valence-electron chi connectivity index (χ4n) is 3.70. The van der Waals surface area contributed by atoms with E-state index in [0.717, 1.165) is 41.5 Å². The Bertz CT molecular complexity index is 1350. The summed E-state index contributed by atoms with van der Waals surface area (Å²) in [6, 6.07) is 12.1. The number of phosphoric ester groups is 1. The first-order valence-corrected chi connectivity index (χ1v) is 11.9. The van der Waals surface area contributed by atoms with Crippen LogP contribution in [0.4, 0.5) is 10.2 Å². The quantitative estimate of drug-likeness (QED) is 0.244. The molecule has 0 fully saturated rings. The van der Waals surface area contributed by atoms with Gasteiger partial charge in [0.05, 0.1) is 11.0 Å². The van der Waals surface area contributed by atoms with Gasteiger partial charge < -0.3 is 24.8 Å².